The van der Waals surface area contributed by atoms with Gasteiger partial charge in [0.05, 0.1) is 42.9 Å². The zero-order valence-corrected chi connectivity index (χ0v) is 22.6. The second kappa shape index (κ2) is 10.5. The maximum atomic E-state index is 12.8. The third-order valence-electron chi connectivity index (χ3n) is 5.43. The second-order valence-corrected chi connectivity index (χ2v) is 12.5. The molecule has 4 rings (SSSR count). The number of benzene rings is 2. The van der Waals surface area contributed by atoms with Crippen molar-refractivity contribution in [3.05, 3.63) is 51.5 Å². The molecule has 2 aromatic rings. The Morgan fingerprint density at radius 2 is 1.79 bits per heavy atom. The smallest absolute Gasteiger partial charge is 0.252 e. The van der Waals surface area contributed by atoms with Gasteiger partial charge in [-0.2, -0.15) is 4.99 Å². The molecule has 2 unspecified atom stereocenters. The number of aliphatic imine (C=N–C) groups is 1. The first-order chi connectivity index (χ1) is 16.2. The van der Waals surface area contributed by atoms with Gasteiger partial charge in [0.1, 0.15) is 0 Å². The first kappa shape index (κ1) is 25.3. The standard InChI is InChI=1S/C23H24BrClN2O5S2/c1-3-31-19-10-16(24)17(11-20(19)32-4-2)27-18-12-34(29,30)13-21(18)33-23(27)26-22(28)9-14-5-7-15(25)8-6-14/h5-8,10-11,18,21H,3-4,9,12-13H2,1-2H3. The van der Waals surface area contributed by atoms with E-state index in [9.17, 15) is 13.2 Å². The lowest BCUT2D eigenvalue weighted by atomic mass is 10.1. The van der Waals surface area contributed by atoms with Crippen LogP contribution in [0.15, 0.2) is 45.9 Å². The van der Waals surface area contributed by atoms with Crippen LogP contribution in [0.5, 0.6) is 11.5 Å². The van der Waals surface area contributed by atoms with Crippen molar-refractivity contribution >= 4 is 65.9 Å². The largest absolute Gasteiger partial charge is 0.490 e. The van der Waals surface area contributed by atoms with E-state index in [0.29, 0.717) is 45.1 Å². The van der Waals surface area contributed by atoms with E-state index in [4.69, 9.17) is 21.1 Å². The normalized spacial score (nSPS) is 22.1. The fourth-order valence-electron chi connectivity index (χ4n) is 4.01. The average Bonchev–Trinajstić information content (AvgIpc) is 3.22. The number of amidine groups is 1. The van der Waals surface area contributed by atoms with Gasteiger partial charge in [-0.25, -0.2) is 8.42 Å². The molecule has 2 aromatic carbocycles. The van der Waals surface area contributed by atoms with Crippen molar-refractivity contribution in [3.63, 3.8) is 0 Å². The van der Waals surface area contributed by atoms with Gasteiger partial charge in [-0.15, -0.1) is 0 Å². The zero-order chi connectivity index (χ0) is 24.5. The third-order valence-corrected chi connectivity index (χ3v) is 9.52. The van der Waals surface area contributed by atoms with Crippen molar-refractivity contribution in [3.8, 4) is 11.5 Å². The molecule has 0 radical (unpaired) electrons. The van der Waals surface area contributed by atoms with E-state index in [-0.39, 0.29) is 35.1 Å². The number of hydrogen-bond donors (Lipinski definition) is 0. The van der Waals surface area contributed by atoms with Crippen LogP contribution in [0.4, 0.5) is 5.69 Å². The molecule has 0 saturated carbocycles. The van der Waals surface area contributed by atoms with Crippen molar-refractivity contribution < 1.29 is 22.7 Å². The lowest BCUT2D eigenvalue weighted by Crippen LogP contribution is -2.38. The molecular weight excluding hydrogens is 564 g/mol. The van der Waals surface area contributed by atoms with Crippen molar-refractivity contribution in [1.29, 1.82) is 0 Å². The average molecular weight is 588 g/mol. The first-order valence-electron chi connectivity index (χ1n) is 10.8. The lowest BCUT2D eigenvalue weighted by molar-refractivity contribution is -0.117. The summed E-state index contributed by atoms with van der Waals surface area (Å²) < 4.78 is 37.0. The Bertz CT molecular complexity index is 1220. The lowest BCUT2D eigenvalue weighted by Gasteiger charge is -2.27. The van der Waals surface area contributed by atoms with Crippen LogP contribution in [0.25, 0.3) is 0 Å². The number of nitrogens with zero attached hydrogens (tertiary/aromatic N) is 2. The molecular formula is C23H24BrClN2O5S2. The fraction of sp³-hybridized carbons (Fsp3) is 0.391. The third kappa shape index (κ3) is 5.56. The van der Waals surface area contributed by atoms with E-state index >= 15 is 0 Å². The fourth-order valence-corrected chi connectivity index (χ4v) is 8.58. The Labute approximate surface area is 216 Å². The predicted molar refractivity (Wildman–Crippen MR) is 140 cm³/mol. The molecule has 182 valence electrons. The monoisotopic (exact) mass is 586 g/mol. The molecule has 0 N–H and O–H groups in total. The van der Waals surface area contributed by atoms with Gasteiger partial charge in [0.2, 0.25) is 0 Å². The molecule has 34 heavy (non-hydrogen) atoms. The van der Waals surface area contributed by atoms with Crippen molar-refractivity contribution in [2.45, 2.75) is 31.6 Å². The summed E-state index contributed by atoms with van der Waals surface area (Å²) in [4.78, 5) is 19.1. The summed E-state index contributed by atoms with van der Waals surface area (Å²) in [5.41, 5.74) is 1.49. The minimum absolute atomic E-state index is 0.00131. The van der Waals surface area contributed by atoms with Crippen LogP contribution in [0, 0.1) is 0 Å². The van der Waals surface area contributed by atoms with Crippen molar-refractivity contribution in [2.24, 2.45) is 4.99 Å². The molecule has 7 nitrogen and oxygen atoms in total. The molecule has 0 aromatic heterocycles. The number of fused-ring (bicyclic) bond motifs is 1. The van der Waals surface area contributed by atoms with E-state index in [1.54, 1.807) is 30.3 Å². The molecule has 0 spiro atoms. The maximum Gasteiger partial charge on any atom is 0.252 e. The molecule has 0 aliphatic carbocycles. The Balaban J connectivity index is 1.71. The summed E-state index contributed by atoms with van der Waals surface area (Å²) in [6, 6.07) is 10.3. The van der Waals surface area contributed by atoms with Crippen LogP contribution < -0.4 is 14.4 Å². The van der Waals surface area contributed by atoms with E-state index in [2.05, 4.69) is 20.9 Å². The summed E-state index contributed by atoms with van der Waals surface area (Å²) in [5.74, 6) is 0.864. The van der Waals surface area contributed by atoms with Crippen LogP contribution in [0.2, 0.25) is 5.02 Å². The second-order valence-electron chi connectivity index (χ2n) is 7.88. The van der Waals surface area contributed by atoms with E-state index in [0.717, 1.165) is 5.56 Å². The molecule has 0 bridgehead atoms. The summed E-state index contributed by atoms with van der Waals surface area (Å²) in [7, 11) is -3.19. The van der Waals surface area contributed by atoms with Crippen LogP contribution in [-0.4, -0.2) is 55.5 Å². The van der Waals surface area contributed by atoms with Gasteiger partial charge in [-0.3, -0.25) is 4.79 Å². The van der Waals surface area contributed by atoms with Crippen LogP contribution in [0.1, 0.15) is 19.4 Å². The van der Waals surface area contributed by atoms with Crippen LogP contribution >= 0.6 is 39.3 Å². The molecule has 2 atom stereocenters. The molecule has 11 heteroatoms. The Hall–Kier alpha value is -1.75. The highest BCUT2D eigenvalue weighted by Gasteiger charge is 2.50. The molecule has 1 amide bonds. The van der Waals surface area contributed by atoms with Crippen molar-refractivity contribution in [1.82, 2.24) is 0 Å². The number of sulfone groups is 1. The number of halogens is 2. The summed E-state index contributed by atoms with van der Waals surface area (Å²) in [5, 5.41) is 0.872. The highest BCUT2D eigenvalue weighted by molar-refractivity contribution is 9.10. The number of ether oxygens (including phenoxy) is 2. The number of hydrogen-bond acceptors (Lipinski definition) is 6. The quantitative estimate of drug-likeness (QED) is 0.462. The van der Waals surface area contributed by atoms with E-state index < -0.39 is 9.84 Å². The zero-order valence-electron chi connectivity index (χ0n) is 18.7. The molecule has 2 heterocycles. The number of carbonyl (C=O) groups excluding carboxylic acids is 1. The number of carbonyl (C=O) groups is 1. The molecule has 2 fully saturated rings. The highest BCUT2D eigenvalue weighted by atomic mass is 79.9. The molecule has 2 aliphatic rings. The summed E-state index contributed by atoms with van der Waals surface area (Å²) >= 11 is 10.9. The Kier molecular flexibility index (Phi) is 7.81. The van der Waals surface area contributed by atoms with E-state index in [1.165, 1.54) is 11.8 Å². The minimum Gasteiger partial charge on any atom is -0.490 e. The topological polar surface area (TPSA) is 85.3 Å². The van der Waals surface area contributed by atoms with Crippen LogP contribution in [-0.2, 0) is 21.1 Å². The Morgan fingerprint density at radius 1 is 1.15 bits per heavy atom. The number of anilines is 1. The van der Waals surface area contributed by atoms with Gasteiger partial charge in [-0.1, -0.05) is 35.5 Å². The minimum atomic E-state index is -3.19. The van der Waals surface area contributed by atoms with Gasteiger partial charge in [0, 0.05) is 26.9 Å². The highest BCUT2D eigenvalue weighted by Crippen LogP contribution is 2.46. The van der Waals surface area contributed by atoms with Crippen LogP contribution in [0.3, 0.4) is 0 Å². The van der Waals surface area contributed by atoms with Gasteiger partial charge in [0.25, 0.3) is 5.91 Å². The van der Waals surface area contributed by atoms with Gasteiger partial charge >= 0.3 is 0 Å². The molecule has 2 aliphatic heterocycles. The summed E-state index contributed by atoms with van der Waals surface area (Å²) in [6.45, 7) is 4.68. The maximum absolute atomic E-state index is 12.8. The van der Waals surface area contributed by atoms with Gasteiger partial charge < -0.3 is 14.4 Å². The number of rotatable bonds is 7. The predicted octanol–water partition coefficient (Wildman–Crippen LogP) is 4.74. The number of thioether (sulfide) groups is 1. The van der Waals surface area contributed by atoms with E-state index in [1.807, 2.05) is 24.8 Å². The summed E-state index contributed by atoms with van der Waals surface area (Å²) in [6.07, 6.45) is 0.122. The first-order valence-corrected chi connectivity index (χ1v) is 14.7. The number of amides is 1. The van der Waals surface area contributed by atoms with Gasteiger partial charge in [0.15, 0.2) is 26.5 Å². The van der Waals surface area contributed by atoms with Gasteiger partial charge in [-0.05, 0) is 47.5 Å². The van der Waals surface area contributed by atoms with Crippen molar-refractivity contribution in [2.75, 3.05) is 29.6 Å². The molecule has 2 saturated heterocycles. The SMILES string of the molecule is CCOc1cc(Br)c(N2C(=NC(=O)Cc3ccc(Cl)cc3)SC3CS(=O)(=O)CC32)cc1OCC. The Morgan fingerprint density at radius 3 is 2.44 bits per heavy atom.